The number of benzene rings is 3. The molecule has 9 nitrogen and oxygen atoms in total. The summed E-state index contributed by atoms with van der Waals surface area (Å²) in [6, 6.07) is 9.66. The summed E-state index contributed by atoms with van der Waals surface area (Å²) in [6.45, 7) is 0.712. The van der Waals surface area contributed by atoms with Crippen molar-refractivity contribution >= 4 is 209 Å². The van der Waals surface area contributed by atoms with Gasteiger partial charge in [0, 0.05) is 28.6 Å². The second kappa shape index (κ2) is 17.2. The van der Waals surface area contributed by atoms with Crippen molar-refractivity contribution in [2.75, 3.05) is 13.2 Å². The van der Waals surface area contributed by atoms with E-state index < -0.39 is 51.6 Å². The van der Waals surface area contributed by atoms with E-state index in [2.05, 4.69) is 90.4 Å². The molecule has 0 atom stereocenters. The second-order valence-electron chi connectivity index (χ2n) is 8.84. The van der Waals surface area contributed by atoms with Crippen LogP contribution in [0.4, 0.5) is 0 Å². The Morgan fingerprint density at radius 2 is 1.11 bits per heavy atom. The number of hydrogen-bond donors (Lipinski definition) is 0. The van der Waals surface area contributed by atoms with E-state index in [1.165, 1.54) is 12.1 Å². The van der Waals surface area contributed by atoms with Gasteiger partial charge in [0.1, 0.15) is 34.5 Å². The highest BCUT2D eigenvalue weighted by molar-refractivity contribution is 14.1. The lowest BCUT2D eigenvalue weighted by atomic mass is 9.87. The minimum absolute atomic E-state index is 0.0323. The van der Waals surface area contributed by atoms with Crippen molar-refractivity contribution in [3.05, 3.63) is 76.1 Å². The molecule has 44 heavy (non-hydrogen) atoms. The molecule has 0 aliphatic heterocycles. The van der Waals surface area contributed by atoms with E-state index in [9.17, 15) is 27.4 Å². The second-order valence-corrected chi connectivity index (χ2v) is 19.5. The molecule has 0 saturated carbocycles. The summed E-state index contributed by atoms with van der Waals surface area (Å²) in [5.74, 6) is -2.24. The largest absolute Gasteiger partial charge is 0.744 e. The lowest BCUT2D eigenvalue weighted by molar-refractivity contribution is -0.152. The zero-order valence-electron chi connectivity index (χ0n) is 21.7. The first-order chi connectivity index (χ1) is 20.4. The van der Waals surface area contributed by atoms with Gasteiger partial charge in [-0.05, 0) is 224 Å². The van der Waals surface area contributed by atoms with Crippen molar-refractivity contribution < 1.29 is 41.6 Å². The molecule has 18 heteroatoms. The fourth-order valence-corrected chi connectivity index (χ4v) is 12.2. The van der Waals surface area contributed by atoms with Gasteiger partial charge < -0.3 is 18.8 Å². The van der Waals surface area contributed by atoms with Crippen LogP contribution in [-0.4, -0.2) is 44.1 Å². The zero-order valence-corrected chi connectivity index (χ0v) is 39.8. The smallest absolute Gasteiger partial charge is 0.339 e. The number of ether oxygens (including phenoxy) is 3. The summed E-state index contributed by atoms with van der Waals surface area (Å²) in [4.78, 5) is 39.9. The van der Waals surface area contributed by atoms with Crippen molar-refractivity contribution in [1.29, 1.82) is 0 Å². The fraction of sp³-hybridized carbons (Fsp3) is 0.192. The molecule has 0 fully saturated rings. The van der Waals surface area contributed by atoms with Crippen molar-refractivity contribution in [2.24, 2.45) is 5.41 Å². The Balaban J connectivity index is 1.98. The maximum atomic E-state index is 13.8. The molecule has 0 N–H and O–H groups in total. The summed E-state index contributed by atoms with van der Waals surface area (Å²) < 4.78 is 57.0. The standard InChI is InChI=1S/C26H16I8O9S/c1-2-26(9-41-23(35)14-3-11(27)5-16(29)20(14)33,10-42-24(36)15-4-12(28)6-17(30)21(15)34)25(37)43-13-7-18(31)22(19(32)8-13)44(38,39)40/h3-8H,2,9-10H2,1H3,(H,38,39,40)/p-1. The van der Waals surface area contributed by atoms with Crippen molar-refractivity contribution in [1.82, 2.24) is 0 Å². The molecule has 0 radical (unpaired) electrons. The van der Waals surface area contributed by atoms with Gasteiger partial charge in [-0.15, -0.1) is 0 Å². The average Bonchev–Trinajstić information content (AvgIpc) is 2.91. The summed E-state index contributed by atoms with van der Waals surface area (Å²) >= 11 is 15.9. The summed E-state index contributed by atoms with van der Waals surface area (Å²) in [7, 11) is -4.77. The molecule has 0 bridgehead atoms. The highest BCUT2D eigenvalue weighted by Crippen LogP contribution is 2.33. The Kier molecular flexibility index (Phi) is 15.7. The molecule has 0 aliphatic carbocycles. The van der Waals surface area contributed by atoms with Crippen molar-refractivity contribution in [2.45, 2.75) is 18.2 Å². The monoisotopic (exact) mass is 1520 g/mol. The van der Waals surface area contributed by atoms with Gasteiger partial charge in [-0.3, -0.25) is 4.79 Å². The number of rotatable bonds is 10. The topological polar surface area (TPSA) is 136 Å². The molecule has 0 unspecified atom stereocenters. The van der Waals surface area contributed by atoms with Crippen LogP contribution in [0.2, 0.25) is 0 Å². The van der Waals surface area contributed by atoms with Crippen LogP contribution in [0, 0.1) is 34.0 Å². The van der Waals surface area contributed by atoms with E-state index in [1.54, 1.807) is 64.2 Å². The van der Waals surface area contributed by atoms with Crippen LogP contribution in [0.1, 0.15) is 34.1 Å². The van der Waals surface area contributed by atoms with E-state index in [1.807, 2.05) is 57.3 Å². The molecule has 0 aromatic heterocycles. The molecular weight excluding hydrogens is 1500 g/mol. The molecule has 0 saturated heterocycles. The lowest BCUT2D eigenvalue weighted by Crippen LogP contribution is -2.44. The number of halogens is 8. The summed E-state index contributed by atoms with van der Waals surface area (Å²) in [5, 5.41) is 0. The fourth-order valence-electron chi connectivity index (χ4n) is 3.53. The Morgan fingerprint density at radius 3 is 1.48 bits per heavy atom. The van der Waals surface area contributed by atoms with E-state index >= 15 is 0 Å². The first kappa shape index (κ1) is 40.3. The predicted molar refractivity (Wildman–Crippen MR) is 228 cm³/mol. The molecule has 3 rings (SSSR count). The SMILES string of the molecule is CCC(COC(=O)c1cc(I)cc(I)c1I)(COC(=O)c1cc(I)cc(I)c1I)C(=O)Oc1cc(I)c(S(=O)(=O)[O-])c(I)c1. The first-order valence-corrected chi connectivity index (χ1v) is 21.7. The maximum Gasteiger partial charge on any atom is 0.339 e. The van der Waals surface area contributed by atoms with Gasteiger partial charge in [0.25, 0.3) is 0 Å². The summed E-state index contributed by atoms with van der Waals surface area (Å²) in [5.41, 5.74) is -0.996. The Bertz CT molecular complexity index is 1670. The molecular formula is C26H15I8O9S-. The Labute approximate surface area is 362 Å². The number of hydrogen-bond acceptors (Lipinski definition) is 9. The van der Waals surface area contributed by atoms with Gasteiger partial charge in [0.2, 0.25) is 0 Å². The quantitative estimate of drug-likeness (QED) is 0.0645. The molecule has 0 spiro atoms. The normalized spacial score (nSPS) is 11.7. The van der Waals surface area contributed by atoms with Gasteiger partial charge >= 0.3 is 17.9 Å². The molecule has 3 aromatic carbocycles. The number of carbonyl (C=O) groups excluding carboxylic acids is 3. The third-order valence-corrected chi connectivity index (χ3v) is 16.6. The van der Waals surface area contributed by atoms with Gasteiger partial charge in [-0.1, -0.05) is 6.92 Å². The highest BCUT2D eigenvalue weighted by Gasteiger charge is 2.43. The molecule has 0 aliphatic rings. The molecule has 0 heterocycles. The Morgan fingerprint density at radius 1 is 0.705 bits per heavy atom. The highest BCUT2D eigenvalue weighted by atomic mass is 127. The van der Waals surface area contributed by atoms with Crippen molar-refractivity contribution in [3.8, 4) is 5.75 Å². The van der Waals surface area contributed by atoms with Crippen LogP contribution in [-0.2, 0) is 24.4 Å². The minimum atomic E-state index is -4.77. The lowest BCUT2D eigenvalue weighted by Gasteiger charge is -2.29. The third kappa shape index (κ3) is 10.2. The van der Waals surface area contributed by atoms with Crippen LogP contribution >= 0.6 is 181 Å². The van der Waals surface area contributed by atoms with E-state index in [0.717, 1.165) is 14.3 Å². The van der Waals surface area contributed by atoms with Gasteiger partial charge in [-0.25, -0.2) is 18.0 Å². The van der Waals surface area contributed by atoms with Crippen LogP contribution < -0.4 is 4.74 Å². The number of carbonyl (C=O) groups is 3. The first-order valence-electron chi connectivity index (χ1n) is 11.7. The van der Waals surface area contributed by atoms with E-state index in [-0.39, 0.29) is 19.3 Å². The van der Waals surface area contributed by atoms with Gasteiger partial charge in [0.05, 0.1) is 16.0 Å². The van der Waals surface area contributed by atoms with Gasteiger partial charge in [0.15, 0.2) is 0 Å². The van der Waals surface area contributed by atoms with Crippen LogP contribution in [0.5, 0.6) is 5.75 Å². The predicted octanol–water partition coefficient (Wildman–Crippen LogP) is 8.44. The molecule has 236 valence electrons. The summed E-state index contributed by atoms with van der Waals surface area (Å²) in [6.07, 6.45) is 0.0511. The minimum Gasteiger partial charge on any atom is -0.744 e. The third-order valence-electron chi connectivity index (χ3n) is 5.93. The molecule has 3 aromatic rings. The van der Waals surface area contributed by atoms with Crippen LogP contribution in [0.25, 0.3) is 0 Å². The Hall–Kier alpha value is 1.82. The van der Waals surface area contributed by atoms with Crippen LogP contribution in [0.15, 0.2) is 41.3 Å². The van der Waals surface area contributed by atoms with E-state index in [0.29, 0.717) is 18.3 Å². The van der Waals surface area contributed by atoms with E-state index in [4.69, 9.17) is 14.2 Å². The molecule has 0 amide bonds. The number of esters is 3. The zero-order chi connectivity index (χ0) is 33.1. The van der Waals surface area contributed by atoms with Gasteiger partial charge in [-0.2, -0.15) is 0 Å². The average molecular weight is 1520 g/mol. The maximum absolute atomic E-state index is 13.8. The van der Waals surface area contributed by atoms with Crippen LogP contribution in [0.3, 0.4) is 0 Å². The van der Waals surface area contributed by atoms with Crippen molar-refractivity contribution in [3.63, 3.8) is 0 Å².